The Kier molecular flexibility index (Phi) is 4.46. The lowest BCUT2D eigenvalue weighted by Crippen LogP contribution is -2.42. The van der Waals surface area contributed by atoms with E-state index in [1.54, 1.807) is 42.5 Å². The molecule has 0 saturated heterocycles. The number of sulfonamides is 1. The van der Waals surface area contributed by atoms with E-state index in [1.807, 2.05) is 22.9 Å². The number of hydrogen-bond donors (Lipinski definition) is 0. The van der Waals surface area contributed by atoms with E-state index in [4.69, 9.17) is 0 Å². The Morgan fingerprint density at radius 1 is 0.962 bits per heavy atom. The Morgan fingerprint density at radius 2 is 1.69 bits per heavy atom. The second-order valence-corrected chi connectivity index (χ2v) is 8.93. The zero-order valence-corrected chi connectivity index (χ0v) is 16.1. The van der Waals surface area contributed by atoms with Gasteiger partial charge >= 0.3 is 0 Å². The largest absolute Gasteiger partial charge is 0.348 e. The zero-order valence-electron chi connectivity index (χ0n) is 13.7. The maximum absolute atomic E-state index is 14.6. The number of rotatable bonds is 3. The van der Waals surface area contributed by atoms with E-state index in [9.17, 15) is 12.8 Å². The summed E-state index contributed by atoms with van der Waals surface area (Å²) in [5.74, 6) is -0.414. The minimum atomic E-state index is -3.78. The molecule has 0 spiro atoms. The van der Waals surface area contributed by atoms with Crippen LogP contribution in [0.25, 0.3) is 0 Å². The highest BCUT2D eigenvalue weighted by Crippen LogP contribution is 2.37. The molecule has 0 bridgehead atoms. The first-order valence-corrected chi connectivity index (χ1v) is 10.4. The summed E-state index contributed by atoms with van der Waals surface area (Å²) in [5, 5.41) is 0. The van der Waals surface area contributed by atoms with Gasteiger partial charge in [0.1, 0.15) is 5.82 Å². The van der Waals surface area contributed by atoms with Crippen LogP contribution in [-0.2, 0) is 16.6 Å². The lowest BCUT2D eigenvalue weighted by Gasteiger charge is -2.36. The smallest absolute Gasteiger partial charge is 0.244 e. The van der Waals surface area contributed by atoms with Crippen LogP contribution in [0.3, 0.4) is 0 Å². The Morgan fingerprint density at radius 3 is 2.42 bits per heavy atom. The molecule has 1 aliphatic rings. The molecule has 0 radical (unpaired) electrons. The van der Waals surface area contributed by atoms with Crippen LogP contribution >= 0.6 is 15.9 Å². The zero-order chi connectivity index (χ0) is 18.3. The monoisotopic (exact) mass is 434 g/mol. The molecule has 134 valence electrons. The molecular formula is C19H16BrFN2O2S. The van der Waals surface area contributed by atoms with Crippen molar-refractivity contribution >= 4 is 26.0 Å². The van der Waals surface area contributed by atoms with Gasteiger partial charge in [-0.15, -0.1) is 0 Å². The highest BCUT2D eigenvalue weighted by molar-refractivity contribution is 9.10. The van der Waals surface area contributed by atoms with Crippen molar-refractivity contribution in [2.75, 3.05) is 6.54 Å². The molecule has 1 aromatic heterocycles. The number of nitrogens with zero attached hydrogens (tertiary/aromatic N) is 2. The second-order valence-electron chi connectivity index (χ2n) is 6.12. The first-order valence-electron chi connectivity index (χ1n) is 8.15. The summed E-state index contributed by atoms with van der Waals surface area (Å²) < 4.78 is 45.3. The number of benzene rings is 2. The SMILES string of the molecule is O=S(=O)(c1ccc(Br)cc1)N1CCn2cccc2[C@@H]1c1ccccc1F. The summed E-state index contributed by atoms with van der Waals surface area (Å²) in [4.78, 5) is 0.196. The molecule has 4 rings (SSSR count). The topological polar surface area (TPSA) is 42.3 Å². The summed E-state index contributed by atoms with van der Waals surface area (Å²) in [6, 6.07) is 15.9. The van der Waals surface area contributed by atoms with Crippen LogP contribution in [0, 0.1) is 5.82 Å². The fraction of sp³-hybridized carbons (Fsp3) is 0.158. The van der Waals surface area contributed by atoms with Crippen LogP contribution in [0.15, 0.2) is 76.2 Å². The minimum absolute atomic E-state index is 0.196. The Labute approximate surface area is 160 Å². The van der Waals surface area contributed by atoms with Gasteiger partial charge in [-0.05, 0) is 42.5 Å². The molecule has 0 amide bonds. The van der Waals surface area contributed by atoms with Crippen molar-refractivity contribution in [3.63, 3.8) is 0 Å². The van der Waals surface area contributed by atoms with Gasteiger partial charge in [0, 0.05) is 35.0 Å². The molecule has 4 nitrogen and oxygen atoms in total. The highest BCUT2D eigenvalue weighted by Gasteiger charge is 2.38. The number of hydrogen-bond acceptors (Lipinski definition) is 2. The van der Waals surface area contributed by atoms with Gasteiger partial charge in [0.2, 0.25) is 10.0 Å². The van der Waals surface area contributed by atoms with E-state index >= 15 is 0 Å². The molecule has 3 aromatic rings. The molecule has 0 fully saturated rings. The Balaban J connectivity index is 1.87. The van der Waals surface area contributed by atoms with Crippen LogP contribution < -0.4 is 0 Å². The quantitative estimate of drug-likeness (QED) is 0.620. The van der Waals surface area contributed by atoms with E-state index < -0.39 is 21.9 Å². The predicted molar refractivity (Wildman–Crippen MR) is 101 cm³/mol. The molecule has 0 saturated carbocycles. The van der Waals surface area contributed by atoms with Gasteiger partial charge in [-0.2, -0.15) is 4.31 Å². The number of fused-ring (bicyclic) bond motifs is 1. The molecule has 2 heterocycles. The van der Waals surface area contributed by atoms with Gasteiger partial charge in [0.05, 0.1) is 10.9 Å². The summed E-state index contributed by atoms with van der Waals surface area (Å²) in [6.45, 7) is 0.808. The van der Waals surface area contributed by atoms with Crippen molar-refractivity contribution in [3.8, 4) is 0 Å². The van der Waals surface area contributed by atoms with E-state index in [0.29, 0.717) is 12.1 Å². The van der Waals surface area contributed by atoms with Crippen molar-refractivity contribution in [3.05, 3.63) is 88.4 Å². The Hall–Kier alpha value is -1.96. The van der Waals surface area contributed by atoms with Crippen molar-refractivity contribution in [1.29, 1.82) is 0 Å². The fourth-order valence-corrected chi connectivity index (χ4v) is 5.21. The van der Waals surface area contributed by atoms with Crippen LogP contribution in [0.5, 0.6) is 0 Å². The molecule has 2 aromatic carbocycles. The fourth-order valence-electron chi connectivity index (χ4n) is 3.37. The van der Waals surface area contributed by atoms with E-state index in [0.717, 1.165) is 10.2 Å². The molecule has 1 aliphatic heterocycles. The van der Waals surface area contributed by atoms with Crippen molar-refractivity contribution in [2.24, 2.45) is 0 Å². The summed E-state index contributed by atoms with van der Waals surface area (Å²) in [7, 11) is -3.78. The Bertz CT molecular complexity index is 1050. The maximum Gasteiger partial charge on any atom is 0.244 e. The first kappa shape index (κ1) is 17.5. The van der Waals surface area contributed by atoms with Crippen LogP contribution in [0.1, 0.15) is 17.3 Å². The molecule has 0 aliphatic carbocycles. The molecular weight excluding hydrogens is 419 g/mol. The van der Waals surface area contributed by atoms with E-state index in [2.05, 4.69) is 15.9 Å². The van der Waals surface area contributed by atoms with Crippen molar-refractivity contribution < 1.29 is 12.8 Å². The van der Waals surface area contributed by atoms with E-state index in [-0.39, 0.29) is 11.4 Å². The third kappa shape index (κ3) is 2.90. The number of halogens is 2. The molecule has 7 heteroatoms. The number of aromatic nitrogens is 1. The standard InChI is InChI=1S/C19H16BrFN2O2S/c20-14-7-9-15(10-8-14)26(24,25)23-13-12-22-11-3-6-18(22)19(23)16-4-1-2-5-17(16)21/h1-11,19H,12-13H2/t19-/m0/s1. The van der Waals surface area contributed by atoms with Crippen LogP contribution in [-0.4, -0.2) is 23.8 Å². The van der Waals surface area contributed by atoms with Crippen molar-refractivity contribution in [1.82, 2.24) is 8.87 Å². The predicted octanol–water partition coefficient (Wildman–Crippen LogP) is 4.18. The van der Waals surface area contributed by atoms with Gasteiger partial charge in [-0.25, -0.2) is 12.8 Å². The first-order chi connectivity index (χ1) is 12.5. The summed E-state index contributed by atoms with van der Waals surface area (Å²) in [5.41, 5.74) is 1.12. The average molecular weight is 435 g/mol. The normalized spacial score (nSPS) is 17.8. The lowest BCUT2D eigenvalue weighted by molar-refractivity contribution is 0.293. The van der Waals surface area contributed by atoms with Gasteiger partial charge in [-0.3, -0.25) is 0 Å². The maximum atomic E-state index is 14.6. The summed E-state index contributed by atoms with van der Waals surface area (Å²) in [6.07, 6.45) is 1.90. The van der Waals surface area contributed by atoms with Gasteiger partial charge in [0.15, 0.2) is 0 Å². The van der Waals surface area contributed by atoms with Gasteiger partial charge in [0.25, 0.3) is 0 Å². The third-order valence-corrected chi connectivity index (χ3v) is 7.02. The van der Waals surface area contributed by atoms with Crippen LogP contribution in [0.2, 0.25) is 0 Å². The summed E-state index contributed by atoms with van der Waals surface area (Å²) >= 11 is 3.32. The van der Waals surface area contributed by atoms with Crippen molar-refractivity contribution in [2.45, 2.75) is 17.5 Å². The highest BCUT2D eigenvalue weighted by atomic mass is 79.9. The molecule has 26 heavy (non-hydrogen) atoms. The van der Waals surface area contributed by atoms with Crippen LogP contribution in [0.4, 0.5) is 4.39 Å². The second kappa shape index (κ2) is 6.64. The minimum Gasteiger partial charge on any atom is -0.348 e. The average Bonchev–Trinajstić information content (AvgIpc) is 3.10. The van der Waals surface area contributed by atoms with Gasteiger partial charge in [-0.1, -0.05) is 34.1 Å². The van der Waals surface area contributed by atoms with E-state index in [1.165, 1.54) is 10.4 Å². The molecule has 0 unspecified atom stereocenters. The third-order valence-electron chi connectivity index (χ3n) is 4.61. The molecule has 1 atom stereocenters. The lowest BCUT2D eigenvalue weighted by atomic mass is 10.0. The van der Waals surface area contributed by atoms with Gasteiger partial charge < -0.3 is 4.57 Å². The molecule has 0 N–H and O–H groups in total.